The molecule has 1 heterocycles. The van der Waals surface area contributed by atoms with Gasteiger partial charge in [0.05, 0.1) is 5.41 Å². The van der Waals surface area contributed by atoms with E-state index in [0.29, 0.717) is 32.2 Å². The van der Waals surface area contributed by atoms with Crippen LogP contribution in [0.1, 0.15) is 56.6 Å². The number of carbonyl (C=O) groups excluding carboxylic acids is 2. The van der Waals surface area contributed by atoms with E-state index in [1.165, 1.54) is 0 Å². The number of carboxylic acids is 1. The topological polar surface area (TPSA) is 95.9 Å². The van der Waals surface area contributed by atoms with Crippen molar-refractivity contribution >= 4 is 18.0 Å². The monoisotopic (exact) mass is 464 g/mol. The molecule has 1 aliphatic carbocycles. The molecule has 2 aromatic rings. The molecule has 1 fully saturated rings. The van der Waals surface area contributed by atoms with Gasteiger partial charge < -0.3 is 20.1 Å². The van der Waals surface area contributed by atoms with Crippen LogP contribution in [0, 0.1) is 5.41 Å². The lowest BCUT2D eigenvalue weighted by atomic mass is 9.84. The summed E-state index contributed by atoms with van der Waals surface area (Å²) in [6.07, 6.45) is 1.42. The number of amides is 2. The number of rotatable bonds is 8. The Labute approximate surface area is 200 Å². The normalized spacial score (nSPS) is 19.9. The fourth-order valence-corrected chi connectivity index (χ4v) is 5.22. The van der Waals surface area contributed by atoms with Crippen LogP contribution < -0.4 is 5.32 Å². The summed E-state index contributed by atoms with van der Waals surface area (Å²) in [6.45, 7) is 4.50. The summed E-state index contributed by atoms with van der Waals surface area (Å²) in [6, 6.07) is 15.5. The first-order chi connectivity index (χ1) is 16.4. The maximum atomic E-state index is 13.1. The van der Waals surface area contributed by atoms with E-state index in [4.69, 9.17) is 4.74 Å². The summed E-state index contributed by atoms with van der Waals surface area (Å²) in [5.74, 6) is -1.17. The number of likely N-dealkylation sites (tertiary alicyclic amines) is 1. The zero-order valence-corrected chi connectivity index (χ0v) is 19.8. The quantitative estimate of drug-likeness (QED) is 0.603. The molecule has 0 bridgehead atoms. The molecule has 0 aromatic heterocycles. The average Bonchev–Trinajstić information content (AvgIpc) is 3.43. The largest absolute Gasteiger partial charge is 0.481 e. The smallest absolute Gasteiger partial charge is 0.407 e. The molecule has 1 saturated heterocycles. The lowest BCUT2D eigenvalue weighted by molar-refractivity contribution is -0.148. The molecule has 0 saturated carbocycles. The fourth-order valence-electron chi connectivity index (χ4n) is 5.22. The molecule has 4 rings (SSSR count). The van der Waals surface area contributed by atoms with Crippen LogP contribution in [0.15, 0.2) is 48.5 Å². The number of nitrogens with zero attached hydrogens (tertiary/aromatic N) is 1. The number of hydrogen-bond acceptors (Lipinski definition) is 4. The Bertz CT molecular complexity index is 1040. The Hall–Kier alpha value is -3.35. The van der Waals surface area contributed by atoms with E-state index < -0.39 is 23.5 Å². The van der Waals surface area contributed by atoms with Crippen LogP contribution in [0.3, 0.4) is 0 Å². The molecule has 2 aromatic carbocycles. The summed E-state index contributed by atoms with van der Waals surface area (Å²) in [4.78, 5) is 39.2. The minimum atomic E-state index is -0.907. The van der Waals surface area contributed by atoms with Crippen molar-refractivity contribution in [1.82, 2.24) is 10.2 Å². The highest BCUT2D eigenvalue weighted by atomic mass is 16.5. The number of benzene rings is 2. The van der Waals surface area contributed by atoms with Crippen LogP contribution in [0.4, 0.5) is 4.79 Å². The van der Waals surface area contributed by atoms with E-state index in [1.807, 2.05) is 38.1 Å². The van der Waals surface area contributed by atoms with Crippen molar-refractivity contribution in [2.75, 3.05) is 19.7 Å². The van der Waals surface area contributed by atoms with Crippen LogP contribution in [0.5, 0.6) is 0 Å². The van der Waals surface area contributed by atoms with E-state index in [9.17, 15) is 19.5 Å². The molecule has 2 N–H and O–H groups in total. The molecule has 0 spiro atoms. The number of ether oxygens (including phenoxy) is 1. The van der Waals surface area contributed by atoms with Gasteiger partial charge in [-0.3, -0.25) is 9.59 Å². The lowest BCUT2D eigenvalue weighted by Gasteiger charge is -2.26. The van der Waals surface area contributed by atoms with Gasteiger partial charge in [0.2, 0.25) is 5.91 Å². The molecule has 7 nitrogen and oxygen atoms in total. The second-order valence-electron chi connectivity index (χ2n) is 9.26. The third kappa shape index (κ3) is 4.39. The molecule has 7 heteroatoms. The second kappa shape index (κ2) is 9.87. The van der Waals surface area contributed by atoms with Crippen molar-refractivity contribution in [3.8, 4) is 11.1 Å². The standard InChI is InChI=1S/C27H32N2O5/c1-3-9-23(24(30)29-15-14-27(4-2,17-29)25(31)32)28-26(33)34-16-22-20-12-7-5-10-18(20)19-11-6-8-13-21(19)22/h5-8,10-13,22-23H,3-4,9,14-17H2,1-2H3,(H,28,33)(H,31,32)/t23-,27?/m1/s1. The fraction of sp³-hybridized carbons (Fsp3) is 0.444. The molecule has 34 heavy (non-hydrogen) atoms. The van der Waals surface area contributed by atoms with Crippen LogP contribution in [-0.2, 0) is 14.3 Å². The Morgan fingerprint density at radius 1 is 1.09 bits per heavy atom. The molecule has 0 radical (unpaired) electrons. The molecule has 1 unspecified atom stereocenters. The zero-order valence-electron chi connectivity index (χ0n) is 19.8. The maximum Gasteiger partial charge on any atom is 0.407 e. The predicted molar refractivity (Wildman–Crippen MR) is 128 cm³/mol. The minimum Gasteiger partial charge on any atom is -0.481 e. The SMILES string of the molecule is CCC[C@@H](NC(=O)OCC1c2ccccc2-c2ccccc21)C(=O)N1CCC(CC)(C(=O)O)C1. The first-order valence-corrected chi connectivity index (χ1v) is 12.0. The number of hydrogen-bond donors (Lipinski definition) is 2. The van der Waals surface area contributed by atoms with Gasteiger partial charge in [0.25, 0.3) is 0 Å². The first-order valence-electron chi connectivity index (χ1n) is 12.0. The highest BCUT2D eigenvalue weighted by molar-refractivity contribution is 5.87. The number of aliphatic carboxylic acids is 1. The van der Waals surface area contributed by atoms with E-state index in [0.717, 1.165) is 22.3 Å². The third-order valence-electron chi connectivity index (χ3n) is 7.31. The van der Waals surface area contributed by atoms with E-state index in [2.05, 4.69) is 29.6 Å². The van der Waals surface area contributed by atoms with Gasteiger partial charge in [-0.05, 0) is 41.5 Å². The van der Waals surface area contributed by atoms with Crippen molar-refractivity contribution in [2.24, 2.45) is 5.41 Å². The number of fused-ring (bicyclic) bond motifs is 3. The lowest BCUT2D eigenvalue weighted by Crippen LogP contribution is -2.49. The number of carboxylic acid groups (broad SMARTS) is 1. The molecule has 2 atom stereocenters. The van der Waals surface area contributed by atoms with Gasteiger partial charge in [0, 0.05) is 19.0 Å². The predicted octanol–water partition coefficient (Wildman–Crippen LogP) is 4.41. The molecular weight excluding hydrogens is 432 g/mol. The summed E-state index contributed by atoms with van der Waals surface area (Å²) < 4.78 is 5.61. The van der Waals surface area contributed by atoms with Gasteiger partial charge in [-0.2, -0.15) is 0 Å². The highest BCUT2D eigenvalue weighted by Crippen LogP contribution is 2.44. The summed E-state index contributed by atoms with van der Waals surface area (Å²) in [7, 11) is 0. The Balaban J connectivity index is 1.40. The van der Waals surface area contributed by atoms with E-state index >= 15 is 0 Å². The average molecular weight is 465 g/mol. The van der Waals surface area contributed by atoms with E-state index in [-0.39, 0.29) is 25.0 Å². The summed E-state index contributed by atoms with van der Waals surface area (Å²) in [5.41, 5.74) is 3.64. The van der Waals surface area contributed by atoms with Crippen molar-refractivity contribution in [3.63, 3.8) is 0 Å². The Morgan fingerprint density at radius 3 is 2.24 bits per heavy atom. The molecule has 2 aliphatic rings. The summed E-state index contributed by atoms with van der Waals surface area (Å²) in [5, 5.41) is 12.4. The third-order valence-corrected chi connectivity index (χ3v) is 7.31. The van der Waals surface area contributed by atoms with Gasteiger partial charge in [-0.25, -0.2) is 4.79 Å². The van der Waals surface area contributed by atoms with Crippen molar-refractivity contribution in [1.29, 1.82) is 0 Å². The number of carbonyl (C=O) groups is 3. The van der Waals surface area contributed by atoms with Gasteiger partial charge in [0.15, 0.2) is 0 Å². The van der Waals surface area contributed by atoms with E-state index in [1.54, 1.807) is 4.90 Å². The Morgan fingerprint density at radius 2 is 1.71 bits per heavy atom. The van der Waals surface area contributed by atoms with Crippen LogP contribution >= 0.6 is 0 Å². The highest BCUT2D eigenvalue weighted by Gasteiger charge is 2.45. The van der Waals surface area contributed by atoms with Crippen LogP contribution in [0.2, 0.25) is 0 Å². The van der Waals surface area contributed by atoms with Crippen molar-refractivity contribution in [3.05, 3.63) is 59.7 Å². The zero-order chi connectivity index (χ0) is 24.3. The van der Waals surface area contributed by atoms with Crippen LogP contribution in [-0.4, -0.2) is 53.7 Å². The van der Waals surface area contributed by atoms with Crippen molar-refractivity contribution < 1.29 is 24.2 Å². The maximum absolute atomic E-state index is 13.1. The molecule has 180 valence electrons. The van der Waals surface area contributed by atoms with Gasteiger partial charge >= 0.3 is 12.1 Å². The molecular formula is C27H32N2O5. The minimum absolute atomic E-state index is 0.0576. The van der Waals surface area contributed by atoms with Gasteiger partial charge in [0.1, 0.15) is 12.6 Å². The molecule has 1 aliphatic heterocycles. The number of alkyl carbamates (subject to hydrolysis) is 1. The Kier molecular flexibility index (Phi) is 6.91. The number of nitrogens with one attached hydrogen (secondary N) is 1. The summed E-state index contributed by atoms with van der Waals surface area (Å²) >= 11 is 0. The van der Waals surface area contributed by atoms with Crippen LogP contribution in [0.25, 0.3) is 11.1 Å². The molecule has 2 amide bonds. The van der Waals surface area contributed by atoms with Gasteiger partial charge in [-0.1, -0.05) is 68.8 Å². The van der Waals surface area contributed by atoms with Gasteiger partial charge in [-0.15, -0.1) is 0 Å². The van der Waals surface area contributed by atoms with Crippen molar-refractivity contribution in [2.45, 2.75) is 51.5 Å². The second-order valence-corrected chi connectivity index (χ2v) is 9.26. The first kappa shape index (κ1) is 23.8.